The van der Waals surface area contributed by atoms with Crippen LogP contribution in [0.1, 0.15) is 19.5 Å². The average Bonchev–Trinajstić information content (AvgIpc) is 3.05. The fourth-order valence-corrected chi connectivity index (χ4v) is 3.51. The topological polar surface area (TPSA) is 16.4 Å². The Morgan fingerprint density at radius 2 is 1.77 bits per heavy atom. The first kappa shape index (κ1) is 16.4. The van der Waals surface area contributed by atoms with E-state index >= 15 is 0 Å². The van der Waals surface area contributed by atoms with Crippen molar-refractivity contribution in [3.05, 3.63) is 84.4 Å². The molecule has 1 aliphatic heterocycles. The van der Waals surface area contributed by atoms with Gasteiger partial charge in [-0.3, -0.25) is 0 Å². The number of nitrogens with zero attached hydrogens (tertiary/aromatic N) is 2. The molecule has 0 amide bonds. The summed E-state index contributed by atoms with van der Waals surface area (Å²) in [6, 6.07) is 21.0. The summed E-state index contributed by atoms with van der Waals surface area (Å²) in [5.74, 6) is 1.79. The summed E-state index contributed by atoms with van der Waals surface area (Å²) in [5, 5.41) is 1.26. The summed E-state index contributed by atoms with van der Waals surface area (Å²) in [5.41, 5.74) is 3.56. The number of aromatic nitrogens is 1. The van der Waals surface area contributed by atoms with Gasteiger partial charge in [-0.1, -0.05) is 30.3 Å². The number of rotatable bonds is 4. The predicted octanol–water partition coefficient (Wildman–Crippen LogP) is 4.92. The van der Waals surface area contributed by atoms with Gasteiger partial charge in [0.25, 0.3) is 0 Å². The van der Waals surface area contributed by atoms with Gasteiger partial charge in [-0.25, -0.2) is 0 Å². The summed E-state index contributed by atoms with van der Waals surface area (Å²) in [6.07, 6.45) is 6.25. The van der Waals surface area contributed by atoms with Crippen LogP contribution in [0.5, 0.6) is 5.75 Å². The SMILES string of the molecule is CCN1C(=CC=Cc2ccc3ccccc3[n+]2CC)Oc2ccccc21. The van der Waals surface area contributed by atoms with Crippen molar-refractivity contribution in [2.45, 2.75) is 20.4 Å². The fraction of sp³-hybridized carbons (Fsp3) is 0.174. The maximum Gasteiger partial charge on any atom is 0.212 e. The van der Waals surface area contributed by atoms with E-state index in [9.17, 15) is 0 Å². The minimum atomic E-state index is 0.869. The predicted molar refractivity (Wildman–Crippen MR) is 107 cm³/mol. The van der Waals surface area contributed by atoms with Gasteiger partial charge in [0.1, 0.15) is 6.54 Å². The molecule has 130 valence electrons. The monoisotopic (exact) mass is 343 g/mol. The molecule has 0 aliphatic carbocycles. The number of anilines is 1. The van der Waals surface area contributed by atoms with E-state index < -0.39 is 0 Å². The highest BCUT2D eigenvalue weighted by Gasteiger charge is 2.23. The van der Waals surface area contributed by atoms with Crippen LogP contribution in [0.2, 0.25) is 0 Å². The van der Waals surface area contributed by atoms with Gasteiger partial charge >= 0.3 is 0 Å². The number of hydrogen-bond donors (Lipinski definition) is 0. The van der Waals surface area contributed by atoms with Crippen LogP contribution in [0.15, 0.2) is 78.7 Å². The molecule has 0 saturated heterocycles. The van der Waals surface area contributed by atoms with Gasteiger partial charge in [-0.15, -0.1) is 0 Å². The van der Waals surface area contributed by atoms with Crippen LogP contribution in [-0.4, -0.2) is 6.54 Å². The minimum absolute atomic E-state index is 0.869. The first-order valence-corrected chi connectivity index (χ1v) is 9.16. The van der Waals surface area contributed by atoms with E-state index in [0.29, 0.717) is 0 Å². The molecular weight excluding hydrogens is 320 g/mol. The number of allylic oxidation sites excluding steroid dienone is 2. The number of pyridine rings is 1. The van der Waals surface area contributed by atoms with Crippen molar-refractivity contribution in [1.82, 2.24) is 0 Å². The first-order chi connectivity index (χ1) is 12.8. The summed E-state index contributed by atoms with van der Waals surface area (Å²) in [6.45, 7) is 6.12. The maximum absolute atomic E-state index is 6.00. The Kier molecular flexibility index (Phi) is 4.44. The molecule has 1 aliphatic rings. The second-order valence-electron chi connectivity index (χ2n) is 6.24. The molecule has 3 nitrogen and oxygen atoms in total. The summed E-state index contributed by atoms with van der Waals surface area (Å²) in [4.78, 5) is 2.19. The zero-order valence-electron chi connectivity index (χ0n) is 15.2. The molecule has 0 spiro atoms. The Balaban J connectivity index is 1.65. The van der Waals surface area contributed by atoms with Crippen molar-refractivity contribution < 1.29 is 9.30 Å². The molecule has 3 aromatic rings. The van der Waals surface area contributed by atoms with Crippen molar-refractivity contribution in [2.75, 3.05) is 11.4 Å². The van der Waals surface area contributed by atoms with Crippen LogP contribution >= 0.6 is 0 Å². The largest absolute Gasteiger partial charge is 0.439 e. The lowest BCUT2D eigenvalue weighted by atomic mass is 10.2. The highest BCUT2D eigenvalue weighted by atomic mass is 16.5. The summed E-state index contributed by atoms with van der Waals surface area (Å²) < 4.78 is 8.33. The van der Waals surface area contributed by atoms with Crippen LogP contribution < -0.4 is 14.2 Å². The van der Waals surface area contributed by atoms with Gasteiger partial charge in [0.2, 0.25) is 17.1 Å². The highest BCUT2D eigenvalue weighted by molar-refractivity contribution is 5.76. The van der Waals surface area contributed by atoms with E-state index in [1.807, 2.05) is 24.3 Å². The van der Waals surface area contributed by atoms with Crippen molar-refractivity contribution >= 4 is 22.7 Å². The van der Waals surface area contributed by atoms with Crippen molar-refractivity contribution in [2.24, 2.45) is 0 Å². The van der Waals surface area contributed by atoms with E-state index in [2.05, 4.69) is 77.9 Å². The molecule has 2 aromatic carbocycles. The Morgan fingerprint density at radius 3 is 2.62 bits per heavy atom. The third kappa shape index (κ3) is 2.86. The number of aryl methyl sites for hydroxylation is 1. The maximum atomic E-state index is 6.00. The lowest BCUT2D eigenvalue weighted by molar-refractivity contribution is -0.669. The van der Waals surface area contributed by atoms with Gasteiger partial charge in [0.05, 0.1) is 5.69 Å². The van der Waals surface area contributed by atoms with Crippen LogP contribution in [0, 0.1) is 0 Å². The lowest BCUT2D eigenvalue weighted by Gasteiger charge is -2.14. The molecule has 0 bridgehead atoms. The molecule has 0 fully saturated rings. The summed E-state index contributed by atoms with van der Waals surface area (Å²) >= 11 is 0. The molecule has 0 radical (unpaired) electrons. The van der Waals surface area contributed by atoms with Crippen molar-refractivity contribution in [3.8, 4) is 5.75 Å². The molecule has 26 heavy (non-hydrogen) atoms. The highest BCUT2D eigenvalue weighted by Crippen LogP contribution is 2.38. The Hall–Kier alpha value is -3.07. The van der Waals surface area contributed by atoms with Crippen molar-refractivity contribution in [3.63, 3.8) is 0 Å². The standard InChI is InChI=1S/C23H23N2O/c1-3-24-19(17-16-18-10-5-6-12-20(18)24)11-9-15-23-25(4-2)21-13-7-8-14-22(21)26-23/h5-17H,3-4H2,1-2H3/q+1. The van der Waals surface area contributed by atoms with Crippen LogP contribution in [0.25, 0.3) is 17.0 Å². The average molecular weight is 343 g/mol. The molecule has 0 saturated carbocycles. The Bertz CT molecular complexity index is 1000. The number of benzene rings is 2. The second-order valence-corrected chi connectivity index (χ2v) is 6.24. The molecule has 0 unspecified atom stereocenters. The zero-order valence-corrected chi connectivity index (χ0v) is 15.2. The third-order valence-electron chi connectivity index (χ3n) is 4.75. The van der Waals surface area contributed by atoms with Gasteiger partial charge in [-0.05, 0) is 44.2 Å². The Morgan fingerprint density at radius 1 is 0.962 bits per heavy atom. The molecule has 4 rings (SSSR count). The van der Waals surface area contributed by atoms with Gasteiger partial charge in [0, 0.05) is 30.1 Å². The fourth-order valence-electron chi connectivity index (χ4n) is 3.51. The summed E-state index contributed by atoms with van der Waals surface area (Å²) in [7, 11) is 0. The molecule has 0 atom stereocenters. The zero-order chi connectivity index (χ0) is 17.9. The molecule has 2 heterocycles. The lowest BCUT2D eigenvalue weighted by Crippen LogP contribution is -2.36. The smallest absolute Gasteiger partial charge is 0.212 e. The molecule has 0 N–H and O–H groups in total. The molecule has 3 heteroatoms. The van der Waals surface area contributed by atoms with Gasteiger partial charge < -0.3 is 9.64 Å². The minimum Gasteiger partial charge on any atom is -0.439 e. The van der Waals surface area contributed by atoms with E-state index in [4.69, 9.17) is 4.74 Å². The quantitative estimate of drug-likeness (QED) is 0.625. The van der Waals surface area contributed by atoms with E-state index in [-0.39, 0.29) is 0 Å². The third-order valence-corrected chi connectivity index (χ3v) is 4.75. The van der Waals surface area contributed by atoms with Gasteiger partial charge in [-0.2, -0.15) is 4.57 Å². The van der Waals surface area contributed by atoms with Crippen LogP contribution in [-0.2, 0) is 6.54 Å². The second kappa shape index (κ2) is 7.04. The number of para-hydroxylation sites is 3. The first-order valence-electron chi connectivity index (χ1n) is 9.16. The molecule has 1 aromatic heterocycles. The van der Waals surface area contributed by atoms with E-state index in [0.717, 1.165) is 30.4 Å². The Labute approximate surface area is 154 Å². The van der Waals surface area contributed by atoms with Crippen molar-refractivity contribution in [1.29, 1.82) is 0 Å². The van der Waals surface area contributed by atoms with Crippen LogP contribution in [0.4, 0.5) is 5.69 Å². The normalized spacial score (nSPS) is 15.0. The number of ether oxygens (including phenoxy) is 1. The van der Waals surface area contributed by atoms with E-state index in [1.165, 1.54) is 16.6 Å². The molecular formula is C23H23N2O+. The van der Waals surface area contributed by atoms with E-state index in [1.54, 1.807) is 0 Å². The number of fused-ring (bicyclic) bond motifs is 2. The van der Waals surface area contributed by atoms with Gasteiger partial charge in [0.15, 0.2) is 5.75 Å². The number of hydrogen-bond acceptors (Lipinski definition) is 2. The van der Waals surface area contributed by atoms with Crippen LogP contribution in [0.3, 0.4) is 0 Å².